The van der Waals surface area contributed by atoms with Crippen LogP contribution in [0.3, 0.4) is 0 Å². The number of benzene rings is 1. The number of Topliss-reactive ketones (excluding diaryl/α,β-unsaturated/α-hetero) is 1. The second-order valence-electron chi connectivity index (χ2n) is 5.00. The molecular weight excluding hydrogens is 268 g/mol. The highest BCUT2D eigenvalue weighted by Gasteiger charge is 2.23. The average molecular weight is 286 g/mol. The number of nitrogens with zero attached hydrogens (tertiary/aromatic N) is 2. The van der Waals surface area contributed by atoms with E-state index in [-0.39, 0.29) is 24.3 Å². The molecule has 21 heavy (non-hydrogen) atoms. The molecule has 1 aromatic rings. The van der Waals surface area contributed by atoms with Crippen molar-refractivity contribution in [1.82, 2.24) is 10.2 Å². The Morgan fingerprint density at radius 2 is 2.14 bits per heavy atom. The van der Waals surface area contributed by atoms with Crippen molar-refractivity contribution < 1.29 is 9.59 Å². The maximum Gasteiger partial charge on any atom is 0.238 e. The molecule has 1 aliphatic heterocycles. The van der Waals surface area contributed by atoms with Gasteiger partial charge < -0.3 is 10.6 Å². The van der Waals surface area contributed by atoms with E-state index in [0.29, 0.717) is 24.3 Å². The minimum Gasteiger partial charge on any atom is -0.325 e. The van der Waals surface area contributed by atoms with Crippen molar-refractivity contribution in [3.05, 3.63) is 29.8 Å². The van der Waals surface area contributed by atoms with Gasteiger partial charge in [0.25, 0.3) is 0 Å². The fourth-order valence-electron chi connectivity index (χ4n) is 2.24. The molecule has 0 aromatic heterocycles. The molecule has 0 aliphatic carbocycles. The van der Waals surface area contributed by atoms with Crippen LogP contribution in [-0.2, 0) is 4.79 Å². The molecule has 6 nitrogen and oxygen atoms in total. The molecule has 1 amide bonds. The molecule has 0 saturated carbocycles. The van der Waals surface area contributed by atoms with Crippen LogP contribution >= 0.6 is 0 Å². The molecule has 0 radical (unpaired) electrons. The third kappa shape index (κ3) is 4.12. The Morgan fingerprint density at radius 1 is 1.43 bits per heavy atom. The molecule has 1 aromatic carbocycles. The van der Waals surface area contributed by atoms with Crippen molar-refractivity contribution >= 4 is 17.4 Å². The molecule has 0 spiro atoms. The zero-order valence-corrected chi connectivity index (χ0v) is 11.9. The van der Waals surface area contributed by atoms with Crippen molar-refractivity contribution in [2.24, 2.45) is 0 Å². The summed E-state index contributed by atoms with van der Waals surface area (Å²) in [4.78, 5) is 25.0. The largest absolute Gasteiger partial charge is 0.325 e. The Bertz CT molecular complexity index is 562. The summed E-state index contributed by atoms with van der Waals surface area (Å²) < 4.78 is 0. The minimum absolute atomic E-state index is 0.00875. The molecule has 1 fully saturated rings. The Kier molecular flexibility index (Phi) is 5.04. The molecular formula is C15H18N4O2. The number of nitrogens with one attached hydrogen (secondary N) is 2. The molecule has 0 bridgehead atoms. The van der Waals surface area contributed by atoms with Crippen molar-refractivity contribution in [2.45, 2.75) is 13.0 Å². The van der Waals surface area contributed by atoms with Gasteiger partial charge in [0.1, 0.15) is 6.04 Å². The van der Waals surface area contributed by atoms with Crippen LogP contribution in [0.15, 0.2) is 24.3 Å². The summed E-state index contributed by atoms with van der Waals surface area (Å²) in [5.41, 5.74) is 1.26. The number of carbonyl (C=O) groups excluding carboxylic acids is 2. The van der Waals surface area contributed by atoms with Gasteiger partial charge in [0.2, 0.25) is 5.91 Å². The minimum atomic E-state index is -0.274. The zero-order valence-electron chi connectivity index (χ0n) is 11.9. The molecule has 6 heteroatoms. The summed E-state index contributed by atoms with van der Waals surface area (Å²) in [7, 11) is 0. The first-order chi connectivity index (χ1) is 10.1. The molecule has 1 heterocycles. The third-order valence-corrected chi connectivity index (χ3v) is 3.43. The number of rotatable bonds is 4. The fourth-order valence-corrected chi connectivity index (χ4v) is 2.24. The van der Waals surface area contributed by atoms with Gasteiger partial charge in [0.15, 0.2) is 5.78 Å². The van der Waals surface area contributed by atoms with Gasteiger partial charge in [-0.05, 0) is 31.2 Å². The summed E-state index contributed by atoms with van der Waals surface area (Å²) in [5, 5.41) is 15.0. The highest BCUT2D eigenvalue weighted by atomic mass is 16.2. The van der Waals surface area contributed by atoms with E-state index in [0.717, 1.165) is 6.54 Å². The second-order valence-corrected chi connectivity index (χ2v) is 5.00. The Balaban J connectivity index is 1.92. The topological polar surface area (TPSA) is 85.2 Å². The maximum absolute atomic E-state index is 12.0. The monoisotopic (exact) mass is 286 g/mol. The van der Waals surface area contributed by atoms with Gasteiger partial charge in [-0.15, -0.1) is 0 Å². The van der Waals surface area contributed by atoms with E-state index in [1.807, 2.05) is 4.90 Å². The van der Waals surface area contributed by atoms with Gasteiger partial charge in [-0.3, -0.25) is 14.5 Å². The second kappa shape index (κ2) is 6.97. The predicted octanol–water partition coefficient (Wildman–Crippen LogP) is 0.625. The van der Waals surface area contributed by atoms with Crippen LogP contribution in [0.25, 0.3) is 0 Å². The molecule has 2 N–H and O–H groups in total. The van der Waals surface area contributed by atoms with Crippen LogP contribution in [0.5, 0.6) is 0 Å². The van der Waals surface area contributed by atoms with Gasteiger partial charge in [-0.2, -0.15) is 5.26 Å². The third-order valence-electron chi connectivity index (χ3n) is 3.43. The van der Waals surface area contributed by atoms with Crippen LogP contribution in [0.2, 0.25) is 0 Å². The lowest BCUT2D eigenvalue weighted by Crippen LogP contribution is -2.52. The van der Waals surface area contributed by atoms with Crippen LogP contribution in [0.4, 0.5) is 5.69 Å². The Hall–Kier alpha value is -2.23. The first kappa shape index (κ1) is 15.2. The number of carbonyl (C=O) groups is 2. The number of anilines is 1. The number of amides is 1. The molecule has 1 atom stereocenters. The van der Waals surface area contributed by atoms with Crippen LogP contribution in [0.1, 0.15) is 17.3 Å². The first-order valence-corrected chi connectivity index (χ1v) is 6.85. The number of nitriles is 1. The average Bonchev–Trinajstić information content (AvgIpc) is 2.48. The van der Waals surface area contributed by atoms with Gasteiger partial charge in [0, 0.05) is 30.9 Å². The summed E-state index contributed by atoms with van der Waals surface area (Å²) >= 11 is 0. The predicted molar refractivity (Wildman–Crippen MR) is 78.9 cm³/mol. The standard InChI is InChI=1S/C15H18N4O2/c1-11(20)12-2-4-13(5-3-12)18-15(21)10-19-7-6-17-9-14(19)8-16/h2-5,14,17H,6-7,9-10H2,1H3,(H,18,21). The van der Waals surface area contributed by atoms with Gasteiger partial charge in [-0.25, -0.2) is 0 Å². The fraction of sp³-hybridized carbons (Fsp3) is 0.400. The molecule has 1 saturated heterocycles. The van der Waals surface area contributed by atoms with Crippen molar-refractivity contribution in [1.29, 1.82) is 5.26 Å². The highest BCUT2D eigenvalue weighted by molar-refractivity contribution is 5.96. The van der Waals surface area contributed by atoms with Crippen molar-refractivity contribution in [3.8, 4) is 6.07 Å². The van der Waals surface area contributed by atoms with Gasteiger partial charge >= 0.3 is 0 Å². The zero-order chi connectivity index (χ0) is 15.2. The summed E-state index contributed by atoms with van der Waals surface area (Å²) in [5.74, 6) is -0.168. The summed E-state index contributed by atoms with van der Waals surface area (Å²) in [6.45, 7) is 3.72. The normalized spacial score (nSPS) is 18.8. The highest BCUT2D eigenvalue weighted by Crippen LogP contribution is 2.10. The quantitative estimate of drug-likeness (QED) is 0.793. The van der Waals surface area contributed by atoms with E-state index in [1.165, 1.54) is 6.92 Å². The summed E-state index contributed by atoms with van der Waals surface area (Å²) in [6, 6.07) is 8.68. The van der Waals surface area contributed by atoms with Crippen molar-refractivity contribution in [3.63, 3.8) is 0 Å². The summed E-state index contributed by atoms with van der Waals surface area (Å²) in [6.07, 6.45) is 0. The lowest BCUT2D eigenvalue weighted by molar-refractivity contribution is -0.117. The van der Waals surface area contributed by atoms with Gasteiger partial charge in [-0.1, -0.05) is 0 Å². The SMILES string of the molecule is CC(=O)c1ccc(NC(=O)CN2CCNCC2C#N)cc1. The van der Waals surface area contributed by atoms with Crippen LogP contribution < -0.4 is 10.6 Å². The number of ketones is 1. The van der Waals surface area contributed by atoms with Crippen molar-refractivity contribution in [2.75, 3.05) is 31.5 Å². The number of piperazine rings is 1. The van der Waals surface area contributed by atoms with Gasteiger partial charge in [0.05, 0.1) is 12.6 Å². The smallest absolute Gasteiger partial charge is 0.238 e. The molecule has 110 valence electrons. The Morgan fingerprint density at radius 3 is 2.76 bits per heavy atom. The van der Waals surface area contributed by atoms with E-state index >= 15 is 0 Å². The lowest BCUT2D eigenvalue weighted by Gasteiger charge is -2.31. The van der Waals surface area contributed by atoms with E-state index in [4.69, 9.17) is 5.26 Å². The molecule has 1 aliphatic rings. The first-order valence-electron chi connectivity index (χ1n) is 6.85. The Labute approximate surface area is 123 Å². The van der Waals surface area contributed by atoms with E-state index in [9.17, 15) is 9.59 Å². The van der Waals surface area contributed by atoms with E-state index < -0.39 is 0 Å². The molecule has 1 unspecified atom stereocenters. The lowest BCUT2D eigenvalue weighted by atomic mass is 10.1. The maximum atomic E-state index is 12.0. The van der Waals surface area contributed by atoms with Crippen LogP contribution in [-0.4, -0.2) is 48.8 Å². The number of hydrogen-bond acceptors (Lipinski definition) is 5. The van der Waals surface area contributed by atoms with Crippen LogP contribution in [0, 0.1) is 11.3 Å². The number of hydrogen-bond donors (Lipinski definition) is 2. The van der Waals surface area contributed by atoms with E-state index in [2.05, 4.69) is 16.7 Å². The van der Waals surface area contributed by atoms with E-state index in [1.54, 1.807) is 24.3 Å². The molecule has 2 rings (SSSR count).